The summed E-state index contributed by atoms with van der Waals surface area (Å²) >= 11 is 0. The molecule has 0 heterocycles. The van der Waals surface area contributed by atoms with Crippen molar-refractivity contribution >= 4 is 17.1 Å². The topological polar surface area (TPSA) is 98.3 Å². The summed E-state index contributed by atoms with van der Waals surface area (Å²) in [5.74, 6) is 0. The molecule has 0 aromatic heterocycles. The zero-order chi connectivity index (χ0) is 14.4. The van der Waals surface area contributed by atoms with Crippen molar-refractivity contribution in [3.05, 3.63) is 38.4 Å². The monoisotopic (exact) mass is 267 g/mol. The first kappa shape index (κ1) is 14.9. The van der Waals surface area contributed by atoms with Crippen molar-refractivity contribution in [1.29, 1.82) is 0 Å². The van der Waals surface area contributed by atoms with E-state index < -0.39 is 9.85 Å². The average Bonchev–Trinajstić information content (AvgIpc) is 2.37. The Morgan fingerprint density at radius 2 is 1.89 bits per heavy atom. The molecule has 19 heavy (non-hydrogen) atoms. The Labute approximate surface area is 110 Å². The normalized spacial score (nSPS) is 11.9. The number of nitro benzene ring substituents is 2. The Bertz CT molecular complexity index is 476. The predicted octanol–water partition coefficient (Wildman–Crippen LogP) is 3.49. The van der Waals surface area contributed by atoms with E-state index in [0.717, 1.165) is 25.3 Å². The van der Waals surface area contributed by atoms with E-state index >= 15 is 0 Å². The van der Waals surface area contributed by atoms with Gasteiger partial charge in [0.15, 0.2) is 0 Å². The van der Waals surface area contributed by atoms with Crippen LogP contribution in [0.2, 0.25) is 0 Å². The first-order valence-corrected chi connectivity index (χ1v) is 6.18. The van der Waals surface area contributed by atoms with Crippen molar-refractivity contribution in [2.45, 2.75) is 39.2 Å². The van der Waals surface area contributed by atoms with Gasteiger partial charge in [-0.1, -0.05) is 20.3 Å². The van der Waals surface area contributed by atoms with Crippen LogP contribution in [0.5, 0.6) is 0 Å². The highest BCUT2D eigenvalue weighted by atomic mass is 16.6. The number of rotatable bonds is 7. The molecule has 104 valence electrons. The molecule has 0 radical (unpaired) electrons. The predicted molar refractivity (Wildman–Crippen MR) is 72.4 cm³/mol. The number of hydrogen-bond acceptors (Lipinski definition) is 5. The minimum atomic E-state index is -0.639. The Balaban J connectivity index is 3.06. The summed E-state index contributed by atoms with van der Waals surface area (Å²) in [5, 5.41) is 24.7. The van der Waals surface area contributed by atoms with Crippen LogP contribution in [-0.2, 0) is 0 Å². The van der Waals surface area contributed by atoms with Crippen LogP contribution in [0.25, 0.3) is 0 Å². The van der Waals surface area contributed by atoms with Crippen LogP contribution in [0.4, 0.5) is 17.1 Å². The maximum Gasteiger partial charge on any atom is 0.299 e. The van der Waals surface area contributed by atoms with E-state index in [1.165, 1.54) is 12.1 Å². The molecule has 1 rings (SSSR count). The summed E-state index contributed by atoms with van der Waals surface area (Å²) < 4.78 is 0. The Kier molecular flexibility index (Phi) is 5.23. The number of nitro groups is 2. The van der Waals surface area contributed by atoms with Crippen LogP contribution in [0, 0.1) is 20.2 Å². The number of nitrogens with zero attached hydrogens (tertiary/aromatic N) is 2. The zero-order valence-electron chi connectivity index (χ0n) is 11.0. The summed E-state index contributed by atoms with van der Waals surface area (Å²) in [6.45, 7) is 4.03. The van der Waals surface area contributed by atoms with Gasteiger partial charge in [0.2, 0.25) is 0 Å². The lowest BCUT2D eigenvalue weighted by atomic mass is 10.1. The van der Waals surface area contributed by atoms with Crippen molar-refractivity contribution in [2.75, 3.05) is 5.32 Å². The summed E-state index contributed by atoms with van der Waals surface area (Å²) in [5.41, 5.74) is -0.208. The highest BCUT2D eigenvalue weighted by Crippen LogP contribution is 2.30. The molecule has 0 fully saturated rings. The lowest BCUT2D eigenvalue weighted by molar-refractivity contribution is -0.393. The van der Waals surface area contributed by atoms with E-state index in [0.29, 0.717) is 5.69 Å². The van der Waals surface area contributed by atoms with Crippen LogP contribution in [0.1, 0.15) is 33.1 Å². The van der Waals surface area contributed by atoms with E-state index in [-0.39, 0.29) is 17.4 Å². The Hall–Kier alpha value is -2.18. The molecule has 0 aliphatic rings. The molecular weight excluding hydrogens is 250 g/mol. The third kappa shape index (κ3) is 3.90. The van der Waals surface area contributed by atoms with Crippen LogP contribution in [-0.4, -0.2) is 15.9 Å². The number of non-ortho nitro benzene ring substituents is 1. The molecule has 0 spiro atoms. The number of nitrogens with one attached hydrogen (secondary N) is 1. The van der Waals surface area contributed by atoms with Gasteiger partial charge in [-0.05, 0) is 18.9 Å². The molecular formula is C12H17N3O4. The quantitative estimate of drug-likeness (QED) is 0.602. The average molecular weight is 267 g/mol. The van der Waals surface area contributed by atoms with Gasteiger partial charge in [-0.25, -0.2) is 0 Å². The van der Waals surface area contributed by atoms with E-state index in [1.807, 2.05) is 13.8 Å². The molecule has 0 amide bonds. The van der Waals surface area contributed by atoms with Crippen LogP contribution in [0.3, 0.4) is 0 Å². The number of anilines is 1. The van der Waals surface area contributed by atoms with Gasteiger partial charge in [0.05, 0.1) is 15.9 Å². The number of hydrogen-bond donors (Lipinski definition) is 1. The van der Waals surface area contributed by atoms with E-state index in [1.54, 1.807) is 0 Å². The third-order valence-corrected chi connectivity index (χ3v) is 2.88. The second-order valence-corrected chi connectivity index (χ2v) is 4.25. The fourth-order valence-electron chi connectivity index (χ4n) is 1.85. The van der Waals surface area contributed by atoms with Crippen molar-refractivity contribution < 1.29 is 9.85 Å². The highest BCUT2D eigenvalue weighted by Gasteiger charge is 2.20. The number of benzene rings is 1. The van der Waals surface area contributed by atoms with Crippen LogP contribution >= 0.6 is 0 Å². The Morgan fingerprint density at radius 1 is 1.21 bits per heavy atom. The minimum absolute atomic E-state index is 0.130. The molecule has 0 saturated carbocycles. The first-order valence-electron chi connectivity index (χ1n) is 6.18. The molecule has 1 aromatic carbocycles. The molecule has 1 aromatic rings. The van der Waals surface area contributed by atoms with Gasteiger partial charge in [-0.2, -0.15) is 0 Å². The minimum Gasteiger partial charge on any atom is -0.377 e. The van der Waals surface area contributed by atoms with Gasteiger partial charge in [-0.3, -0.25) is 20.2 Å². The fraction of sp³-hybridized carbons (Fsp3) is 0.500. The van der Waals surface area contributed by atoms with Crippen molar-refractivity contribution in [2.24, 2.45) is 0 Å². The highest BCUT2D eigenvalue weighted by molar-refractivity contribution is 5.65. The molecule has 0 aliphatic carbocycles. The molecule has 1 atom stereocenters. The summed E-state index contributed by atoms with van der Waals surface area (Å²) in [4.78, 5) is 20.4. The van der Waals surface area contributed by atoms with Gasteiger partial charge in [0.1, 0.15) is 5.69 Å². The fourth-order valence-corrected chi connectivity index (χ4v) is 1.85. The molecule has 1 unspecified atom stereocenters. The van der Waals surface area contributed by atoms with Crippen LogP contribution < -0.4 is 5.32 Å². The molecule has 1 N–H and O–H groups in total. The standard InChI is InChI=1S/C12H17N3O4/c1-3-5-9(4-2)13-11-7-6-10(14(16)17)8-12(11)15(18)19/h6-9,13H,3-5H2,1-2H3. The lowest BCUT2D eigenvalue weighted by Crippen LogP contribution is -2.18. The zero-order valence-corrected chi connectivity index (χ0v) is 11.0. The van der Waals surface area contributed by atoms with Gasteiger partial charge in [0.25, 0.3) is 11.4 Å². The molecule has 7 nitrogen and oxygen atoms in total. The van der Waals surface area contributed by atoms with E-state index in [4.69, 9.17) is 0 Å². The summed E-state index contributed by atoms with van der Waals surface area (Å²) in [7, 11) is 0. The van der Waals surface area contributed by atoms with Gasteiger partial charge >= 0.3 is 0 Å². The summed E-state index contributed by atoms with van der Waals surface area (Å²) in [6, 6.07) is 3.79. The molecule has 0 bridgehead atoms. The maximum atomic E-state index is 11.0. The SMILES string of the molecule is CCCC(CC)Nc1ccc([N+](=O)[O-])cc1[N+](=O)[O-]. The third-order valence-electron chi connectivity index (χ3n) is 2.88. The van der Waals surface area contributed by atoms with E-state index in [9.17, 15) is 20.2 Å². The van der Waals surface area contributed by atoms with Crippen molar-refractivity contribution in [3.8, 4) is 0 Å². The molecule has 0 aliphatic heterocycles. The first-order chi connectivity index (χ1) is 8.99. The molecule has 7 heteroatoms. The molecule has 0 saturated heterocycles. The van der Waals surface area contributed by atoms with Gasteiger partial charge in [0, 0.05) is 12.1 Å². The van der Waals surface area contributed by atoms with Gasteiger partial charge < -0.3 is 5.32 Å². The largest absolute Gasteiger partial charge is 0.377 e. The second-order valence-electron chi connectivity index (χ2n) is 4.25. The lowest BCUT2D eigenvalue weighted by Gasteiger charge is -2.17. The smallest absolute Gasteiger partial charge is 0.299 e. The van der Waals surface area contributed by atoms with Gasteiger partial charge in [-0.15, -0.1) is 0 Å². The van der Waals surface area contributed by atoms with Crippen molar-refractivity contribution in [1.82, 2.24) is 0 Å². The van der Waals surface area contributed by atoms with Crippen molar-refractivity contribution in [3.63, 3.8) is 0 Å². The van der Waals surface area contributed by atoms with E-state index in [2.05, 4.69) is 5.32 Å². The van der Waals surface area contributed by atoms with Crippen LogP contribution in [0.15, 0.2) is 18.2 Å². The second kappa shape index (κ2) is 6.67. The maximum absolute atomic E-state index is 11.0. The Morgan fingerprint density at radius 3 is 2.37 bits per heavy atom. The summed E-state index contributed by atoms with van der Waals surface area (Å²) in [6.07, 6.45) is 2.69.